The summed E-state index contributed by atoms with van der Waals surface area (Å²) in [6.45, 7) is 1.93. The maximum atomic E-state index is 13.4. The molecule has 0 heterocycles. The summed E-state index contributed by atoms with van der Waals surface area (Å²) in [7, 11) is 1.44. The largest absolute Gasteiger partial charge is 0.508 e. The van der Waals surface area contributed by atoms with Gasteiger partial charge in [0.25, 0.3) is 11.8 Å². The number of ether oxygens (including phenoxy) is 1. The first-order valence-electron chi connectivity index (χ1n) is 12.7. The molecule has 3 amide bonds. The molecule has 0 aliphatic carbocycles. The maximum absolute atomic E-state index is 13.4. The van der Waals surface area contributed by atoms with E-state index >= 15 is 0 Å². The lowest BCUT2D eigenvalue weighted by molar-refractivity contribution is -0.114. The van der Waals surface area contributed by atoms with Crippen molar-refractivity contribution in [2.24, 2.45) is 0 Å². The fourth-order valence-corrected chi connectivity index (χ4v) is 4.58. The lowest BCUT2D eigenvalue weighted by Gasteiger charge is -2.13. The molecule has 4 aromatic rings. The normalized spacial score (nSPS) is 10.9. The number of benzene rings is 4. The molecule has 0 bridgehead atoms. The topological polar surface area (TPSA) is 117 Å². The highest BCUT2D eigenvalue weighted by Crippen LogP contribution is 2.27. The van der Waals surface area contributed by atoms with Crippen molar-refractivity contribution in [2.45, 2.75) is 11.8 Å². The summed E-state index contributed by atoms with van der Waals surface area (Å²) < 4.78 is 5.34. The van der Waals surface area contributed by atoms with Crippen molar-refractivity contribution in [3.63, 3.8) is 0 Å². The Labute approximate surface area is 242 Å². The van der Waals surface area contributed by atoms with Crippen molar-refractivity contribution < 1.29 is 24.2 Å². The Morgan fingerprint density at radius 3 is 2.39 bits per heavy atom. The van der Waals surface area contributed by atoms with Crippen LogP contribution in [0.5, 0.6) is 11.5 Å². The van der Waals surface area contributed by atoms with Crippen LogP contribution in [-0.4, -0.2) is 35.7 Å². The Morgan fingerprint density at radius 1 is 0.878 bits per heavy atom. The number of anilines is 2. The molecular formula is C32H29N3O5S. The smallest absolute Gasteiger partial charge is 0.272 e. The predicted molar refractivity (Wildman–Crippen MR) is 162 cm³/mol. The van der Waals surface area contributed by atoms with Crippen LogP contribution in [0.4, 0.5) is 11.4 Å². The molecule has 9 heteroatoms. The van der Waals surface area contributed by atoms with Gasteiger partial charge < -0.3 is 25.8 Å². The number of hydrogen-bond donors (Lipinski definition) is 4. The number of methoxy groups -OCH3 is 1. The van der Waals surface area contributed by atoms with E-state index in [2.05, 4.69) is 16.0 Å². The van der Waals surface area contributed by atoms with Crippen LogP contribution in [0.1, 0.15) is 21.5 Å². The summed E-state index contributed by atoms with van der Waals surface area (Å²) in [5, 5.41) is 18.2. The van der Waals surface area contributed by atoms with Gasteiger partial charge in [-0.25, -0.2) is 0 Å². The fourth-order valence-electron chi connectivity index (χ4n) is 3.83. The average Bonchev–Trinajstić information content (AvgIpc) is 2.98. The van der Waals surface area contributed by atoms with E-state index < -0.39 is 11.8 Å². The second-order valence-corrected chi connectivity index (χ2v) is 9.99. The van der Waals surface area contributed by atoms with Gasteiger partial charge in [-0.1, -0.05) is 42.5 Å². The number of phenols is 1. The summed E-state index contributed by atoms with van der Waals surface area (Å²) in [5.41, 5.74) is 3.05. The van der Waals surface area contributed by atoms with Gasteiger partial charge in [-0.2, -0.15) is 0 Å². The van der Waals surface area contributed by atoms with E-state index in [9.17, 15) is 19.5 Å². The summed E-state index contributed by atoms with van der Waals surface area (Å²) in [4.78, 5) is 39.6. The third-order valence-electron chi connectivity index (χ3n) is 5.93. The zero-order valence-corrected chi connectivity index (χ0v) is 23.3. The standard InChI is InChI=1S/C32H29N3O5S/c1-21-9-6-7-14-27(21)34-30(37)20-41-26-13-8-12-24(18-26)33-32(39)28(35-31(38)22-10-4-3-5-11-22)17-23-15-16-25(36)19-29(23)40-2/h3-19,36H,20H2,1-2H3,(H,33,39)(H,34,37)(H,35,38)/b28-17+. The average molecular weight is 568 g/mol. The van der Waals surface area contributed by atoms with Crippen molar-refractivity contribution in [1.29, 1.82) is 0 Å². The number of hydrogen-bond acceptors (Lipinski definition) is 6. The summed E-state index contributed by atoms with van der Waals surface area (Å²) in [5.74, 6) is -0.662. The molecule has 4 aromatic carbocycles. The molecule has 208 valence electrons. The molecule has 4 N–H and O–H groups in total. The Bertz CT molecular complexity index is 1590. The summed E-state index contributed by atoms with van der Waals surface area (Å²) in [6.07, 6.45) is 1.48. The van der Waals surface area contributed by atoms with Gasteiger partial charge in [-0.15, -0.1) is 11.8 Å². The number of rotatable bonds is 10. The number of amides is 3. The van der Waals surface area contributed by atoms with Gasteiger partial charge in [0, 0.05) is 33.5 Å². The molecule has 0 fully saturated rings. The molecule has 0 aliphatic rings. The molecule has 0 spiro atoms. The van der Waals surface area contributed by atoms with Crippen LogP contribution in [0.15, 0.2) is 108 Å². The van der Waals surface area contributed by atoms with E-state index in [4.69, 9.17) is 4.74 Å². The number of aromatic hydroxyl groups is 1. The number of phenolic OH excluding ortho intramolecular Hbond substituents is 1. The molecule has 0 unspecified atom stereocenters. The van der Waals surface area contributed by atoms with E-state index in [-0.39, 0.29) is 23.1 Å². The second kappa shape index (κ2) is 13.9. The molecule has 0 saturated carbocycles. The first-order chi connectivity index (χ1) is 19.8. The quantitative estimate of drug-likeness (QED) is 0.141. The molecule has 0 radical (unpaired) electrons. The van der Waals surface area contributed by atoms with E-state index in [0.29, 0.717) is 22.6 Å². The lowest BCUT2D eigenvalue weighted by Crippen LogP contribution is -2.30. The number of carbonyl (C=O) groups excluding carboxylic acids is 3. The maximum Gasteiger partial charge on any atom is 0.272 e. The van der Waals surface area contributed by atoms with Crippen LogP contribution in [0.25, 0.3) is 6.08 Å². The van der Waals surface area contributed by atoms with Crippen molar-refractivity contribution >= 4 is 46.9 Å². The molecule has 4 rings (SSSR count). The number of thioether (sulfide) groups is 1. The van der Waals surface area contributed by atoms with E-state index in [1.165, 1.54) is 37.1 Å². The molecule has 41 heavy (non-hydrogen) atoms. The van der Waals surface area contributed by atoms with Crippen LogP contribution in [-0.2, 0) is 9.59 Å². The van der Waals surface area contributed by atoms with Gasteiger partial charge in [0.1, 0.15) is 17.2 Å². The third-order valence-corrected chi connectivity index (χ3v) is 6.92. The zero-order chi connectivity index (χ0) is 29.2. The van der Waals surface area contributed by atoms with Crippen molar-refractivity contribution in [3.8, 4) is 11.5 Å². The van der Waals surface area contributed by atoms with E-state index in [1.807, 2.05) is 37.3 Å². The Morgan fingerprint density at radius 2 is 1.63 bits per heavy atom. The predicted octanol–water partition coefficient (Wildman–Crippen LogP) is 5.85. The highest BCUT2D eigenvalue weighted by atomic mass is 32.2. The third kappa shape index (κ3) is 8.23. The Kier molecular flexibility index (Phi) is 9.80. The molecule has 0 atom stereocenters. The fraction of sp³-hybridized carbons (Fsp3) is 0.0938. The van der Waals surface area contributed by atoms with Gasteiger partial charge in [-0.05, 0) is 67.1 Å². The van der Waals surface area contributed by atoms with E-state index in [1.54, 1.807) is 54.6 Å². The lowest BCUT2D eigenvalue weighted by atomic mass is 10.1. The summed E-state index contributed by atoms with van der Waals surface area (Å²) in [6, 6.07) is 27.6. The van der Waals surface area contributed by atoms with Gasteiger partial charge in [0.05, 0.1) is 12.9 Å². The minimum atomic E-state index is -0.566. The van der Waals surface area contributed by atoms with Gasteiger partial charge in [-0.3, -0.25) is 14.4 Å². The Balaban J connectivity index is 1.50. The first kappa shape index (κ1) is 29.0. The van der Waals surface area contributed by atoms with Crippen molar-refractivity contribution in [1.82, 2.24) is 5.32 Å². The van der Waals surface area contributed by atoms with Crippen LogP contribution in [0.3, 0.4) is 0 Å². The monoisotopic (exact) mass is 567 g/mol. The molecule has 8 nitrogen and oxygen atoms in total. The van der Waals surface area contributed by atoms with Gasteiger partial charge in [0.2, 0.25) is 5.91 Å². The minimum Gasteiger partial charge on any atom is -0.508 e. The van der Waals surface area contributed by atoms with Crippen LogP contribution in [0.2, 0.25) is 0 Å². The van der Waals surface area contributed by atoms with Gasteiger partial charge >= 0.3 is 0 Å². The SMILES string of the molecule is COc1cc(O)ccc1/C=C(/NC(=O)c1ccccc1)C(=O)Nc1cccc(SCC(=O)Nc2ccccc2C)c1. The number of para-hydroxylation sites is 1. The molecule has 0 saturated heterocycles. The van der Waals surface area contributed by atoms with Crippen molar-refractivity contribution in [3.05, 3.63) is 119 Å². The Hall–Kier alpha value is -5.02. The van der Waals surface area contributed by atoms with Crippen LogP contribution in [0, 0.1) is 6.92 Å². The molecular weight excluding hydrogens is 538 g/mol. The minimum absolute atomic E-state index is 0.000206. The molecule has 0 aromatic heterocycles. The first-order valence-corrected chi connectivity index (χ1v) is 13.7. The van der Waals surface area contributed by atoms with Crippen LogP contribution >= 0.6 is 11.8 Å². The second-order valence-electron chi connectivity index (χ2n) is 8.94. The zero-order valence-electron chi connectivity index (χ0n) is 22.5. The summed E-state index contributed by atoms with van der Waals surface area (Å²) >= 11 is 1.33. The van der Waals surface area contributed by atoms with Gasteiger partial charge in [0.15, 0.2) is 0 Å². The number of aryl methyl sites for hydroxylation is 1. The number of carbonyl (C=O) groups is 3. The van der Waals surface area contributed by atoms with E-state index in [0.717, 1.165) is 16.1 Å². The highest BCUT2D eigenvalue weighted by Gasteiger charge is 2.17. The molecule has 0 aliphatic heterocycles. The number of nitrogens with one attached hydrogen (secondary N) is 3. The van der Waals surface area contributed by atoms with Crippen molar-refractivity contribution in [2.75, 3.05) is 23.5 Å². The highest BCUT2D eigenvalue weighted by molar-refractivity contribution is 8.00. The van der Waals surface area contributed by atoms with Crippen LogP contribution < -0.4 is 20.7 Å².